The lowest BCUT2D eigenvalue weighted by Gasteiger charge is -2.64. The SMILES string of the molecule is C=C1C(Cl)C2OC(=O)C(C)C23OC1(O)CC(OC(C)=O)C1(C)C(OC(C)=O)CCC(O)(CCl)C1C3OC(C)=O. The maximum atomic E-state index is 13.1. The van der Waals surface area contributed by atoms with E-state index in [0.717, 1.165) is 13.8 Å². The van der Waals surface area contributed by atoms with Gasteiger partial charge in [-0.3, -0.25) is 19.2 Å². The molecule has 0 aromatic rings. The Labute approximate surface area is 236 Å². The van der Waals surface area contributed by atoms with E-state index in [4.69, 9.17) is 46.9 Å². The number of rotatable bonds is 4. The zero-order chi connectivity index (χ0) is 29.3. The van der Waals surface area contributed by atoms with Crippen LogP contribution in [0.2, 0.25) is 0 Å². The second-order valence-corrected chi connectivity index (χ2v) is 12.0. The van der Waals surface area contributed by atoms with Crippen molar-refractivity contribution >= 4 is 47.1 Å². The Morgan fingerprint density at radius 1 is 1.08 bits per heavy atom. The van der Waals surface area contributed by atoms with Crippen LogP contribution in [0.3, 0.4) is 0 Å². The van der Waals surface area contributed by atoms with Gasteiger partial charge in [-0.25, -0.2) is 0 Å². The van der Waals surface area contributed by atoms with E-state index in [2.05, 4.69) is 6.58 Å². The highest BCUT2D eigenvalue weighted by Crippen LogP contribution is 2.63. The summed E-state index contributed by atoms with van der Waals surface area (Å²) in [6, 6.07) is 0. The van der Waals surface area contributed by atoms with Crippen molar-refractivity contribution in [3.05, 3.63) is 12.2 Å². The van der Waals surface area contributed by atoms with E-state index in [-0.39, 0.29) is 24.3 Å². The van der Waals surface area contributed by atoms with Crippen LogP contribution in [-0.4, -0.2) is 86.8 Å². The first-order valence-corrected chi connectivity index (χ1v) is 13.7. The van der Waals surface area contributed by atoms with Crippen LogP contribution >= 0.6 is 23.2 Å². The minimum absolute atomic E-state index is 0.00945. The van der Waals surface area contributed by atoms with E-state index in [1.54, 1.807) is 6.92 Å². The van der Waals surface area contributed by atoms with Gasteiger partial charge in [0.15, 0.2) is 17.5 Å². The Kier molecular flexibility index (Phi) is 7.60. The average molecular weight is 593 g/mol. The zero-order valence-corrected chi connectivity index (χ0v) is 23.9. The summed E-state index contributed by atoms with van der Waals surface area (Å²) in [4.78, 5) is 50.4. The maximum Gasteiger partial charge on any atom is 0.312 e. The molecule has 11 atom stereocenters. The van der Waals surface area contributed by atoms with E-state index in [9.17, 15) is 29.4 Å². The monoisotopic (exact) mass is 592 g/mol. The van der Waals surface area contributed by atoms with Gasteiger partial charge in [0.1, 0.15) is 18.3 Å². The third kappa shape index (κ3) is 4.36. The molecule has 1 saturated carbocycles. The number of esters is 4. The number of alkyl halides is 2. The van der Waals surface area contributed by atoms with Crippen molar-refractivity contribution in [2.24, 2.45) is 17.3 Å². The molecule has 3 aliphatic heterocycles. The summed E-state index contributed by atoms with van der Waals surface area (Å²) >= 11 is 13.1. The summed E-state index contributed by atoms with van der Waals surface area (Å²) in [5.74, 6) is -8.03. The van der Waals surface area contributed by atoms with Gasteiger partial charge in [0.25, 0.3) is 0 Å². The maximum absolute atomic E-state index is 13.1. The molecule has 218 valence electrons. The molecule has 1 aliphatic carbocycles. The number of ether oxygens (including phenoxy) is 5. The molecule has 13 heteroatoms. The van der Waals surface area contributed by atoms with Crippen LogP contribution in [0.4, 0.5) is 0 Å². The van der Waals surface area contributed by atoms with Crippen LogP contribution in [0, 0.1) is 17.3 Å². The lowest BCUT2D eigenvalue weighted by molar-refractivity contribution is -0.361. The summed E-state index contributed by atoms with van der Waals surface area (Å²) < 4.78 is 29.4. The van der Waals surface area contributed by atoms with Crippen molar-refractivity contribution in [2.45, 2.75) is 101 Å². The third-order valence-electron chi connectivity index (χ3n) is 8.99. The van der Waals surface area contributed by atoms with Gasteiger partial charge < -0.3 is 33.9 Å². The van der Waals surface area contributed by atoms with Gasteiger partial charge >= 0.3 is 23.9 Å². The van der Waals surface area contributed by atoms with Crippen molar-refractivity contribution in [1.29, 1.82) is 0 Å². The van der Waals surface area contributed by atoms with Crippen LogP contribution in [-0.2, 0) is 42.9 Å². The number of carbonyl (C=O) groups is 4. The number of hydrogen-bond acceptors (Lipinski definition) is 11. The molecule has 0 amide bonds. The smallest absolute Gasteiger partial charge is 0.312 e. The van der Waals surface area contributed by atoms with E-state index in [1.165, 1.54) is 13.8 Å². The second-order valence-electron chi connectivity index (χ2n) is 11.3. The molecule has 0 radical (unpaired) electrons. The van der Waals surface area contributed by atoms with E-state index >= 15 is 0 Å². The molecular weight excluding hydrogens is 559 g/mol. The van der Waals surface area contributed by atoms with Gasteiger partial charge in [-0.2, -0.15) is 0 Å². The molecule has 2 N–H and O–H groups in total. The molecule has 39 heavy (non-hydrogen) atoms. The predicted molar refractivity (Wildman–Crippen MR) is 134 cm³/mol. The van der Waals surface area contributed by atoms with Gasteiger partial charge in [-0.05, 0) is 19.8 Å². The van der Waals surface area contributed by atoms with Crippen molar-refractivity contribution in [3.8, 4) is 0 Å². The van der Waals surface area contributed by atoms with Gasteiger partial charge in [0, 0.05) is 38.7 Å². The molecule has 11 nitrogen and oxygen atoms in total. The molecule has 11 unspecified atom stereocenters. The fraction of sp³-hybridized carbons (Fsp3) is 0.769. The summed E-state index contributed by atoms with van der Waals surface area (Å²) in [6.45, 7) is 10.5. The first-order valence-electron chi connectivity index (χ1n) is 12.7. The van der Waals surface area contributed by atoms with Crippen LogP contribution in [0.5, 0.6) is 0 Å². The van der Waals surface area contributed by atoms with Gasteiger partial charge in [0.2, 0.25) is 0 Å². The Hall–Kier alpha value is -1.92. The fourth-order valence-electron chi connectivity index (χ4n) is 7.20. The Morgan fingerprint density at radius 2 is 1.64 bits per heavy atom. The fourth-order valence-corrected chi connectivity index (χ4v) is 7.92. The van der Waals surface area contributed by atoms with Gasteiger partial charge in [-0.1, -0.05) is 13.5 Å². The molecule has 4 aliphatic rings. The topological polar surface area (TPSA) is 155 Å². The van der Waals surface area contributed by atoms with Crippen LogP contribution < -0.4 is 0 Å². The van der Waals surface area contributed by atoms with Gasteiger partial charge in [0.05, 0.1) is 28.2 Å². The number of hydrogen-bond donors (Lipinski definition) is 2. The summed E-state index contributed by atoms with van der Waals surface area (Å²) in [5, 5.41) is 22.9. The first kappa shape index (κ1) is 30.0. The van der Waals surface area contributed by atoms with Crippen molar-refractivity contribution in [1.82, 2.24) is 0 Å². The molecule has 3 heterocycles. The van der Waals surface area contributed by atoms with E-state index in [0.29, 0.717) is 0 Å². The summed E-state index contributed by atoms with van der Waals surface area (Å²) in [6.07, 6.45) is -5.51. The average Bonchev–Trinajstić information content (AvgIpc) is 3.08. The highest BCUT2D eigenvalue weighted by molar-refractivity contribution is 6.23. The van der Waals surface area contributed by atoms with Crippen molar-refractivity contribution in [3.63, 3.8) is 0 Å². The molecule has 0 aromatic heterocycles. The van der Waals surface area contributed by atoms with Crippen LogP contribution in [0.15, 0.2) is 12.2 Å². The van der Waals surface area contributed by atoms with E-state index < -0.39 is 94.3 Å². The Balaban J connectivity index is 2.11. The molecular formula is C26H34Cl2O11. The molecule has 1 spiro atoms. The lowest BCUT2D eigenvalue weighted by Crippen LogP contribution is -2.78. The van der Waals surface area contributed by atoms with Crippen molar-refractivity contribution in [2.75, 3.05) is 5.88 Å². The Bertz CT molecular complexity index is 1100. The quantitative estimate of drug-likeness (QED) is 0.212. The standard InChI is InChI=1S/C26H34Cl2O11/c1-11-18(28)20-26(12(2)22(32)38-20)21(37-15(5)31)19-23(6,17(36-14(4)30)9-25(11,34)39-26)16(35-13(3)29)7-8-24(19,33)10-27/h12,16-21,33-34H,1,7-10H2,2-6H3. The molecule has 4 fully saturated rings. The van der Waals surface area contributed by atoms with E-state index in [1.807, 2.05) is 0 Å². The second kappa shape index (κ2) is 9.87. The summed E-state index contributed by atoms with van der Waals surface area (Å²) in [5.41, 5.74) is -5.36. The zero-order valence-electron chi connectivity index (χ0n) is 22.4. The minimum atomic E-state index is -2.31. The first-order chi connectivity index (χ1) is 18.0. The predicted octanol–water partition coefficient (Wildman–Crippen LogP) is 1.75. The number of halogens is 2. The molecule has 0 aromatic carbocycles. The number of aliphatic hydroxyl groups is 2. The summed E-state index contributed by atoms with van der Waals surface area (Å²) in [7, 11) is 0. The highest BCUT2D eigenvalue weighted by Gasteiger charge is 2.78. The number of carbonyl (C=O) groups excluding carboxylic acids is 4. The Morgan fingerprint density at radius 3 is 2.18 bits per heavy atom. The normalized spacial score (nSPS) is 47.1. The molecule has 2 bridgehead atoms. The number of fused-ring (bicyclic) bond motifs is 2. The molecule has 3 saturated heterocycles. The highest BCUT2D eigenvalue weighted by atomic mass is 35.5. The third-order valence-corrected chi connectivity index (χ3v) is 9.95. The lowest BCUT2D eigenvalue weighted by atomic mass is 9.50. The molecule has 4 rings (SSSR count). The van der Waals surface area contributed by atoms with Crippen LogP contribution in [0.1, 0.15) is 53.9 Å². The van der Waals surface area contributed by atoms with Crippen molar-refractivity contribution < 1.29 is 53.1 Å². The largest absolute Gasteiger partial charge is 0.462 e. The van der Waals surface area contributed by atoms with Gasteiger partial charge in [-0.15, -0.1) is 23.2 Å². The minimum Gasteiger partial charge on any atom is -0.462 e. The van der Waals surface area contributed by atoms with Crippen LogP contribution in [0.25, 0.3) is 0 Å².